The van der Waals surface area contributed by atoms with E-state index in [-0.39, 0.29) is 17.9 Å². The van der Waals surface area contributed by atoms with Crippen LogP contribution in [0.5, 0.6) is 0 Å². The molecule has 0 aromatic heterocycles. The van der Waals surface area contributed by atoms with E-state index in [1.165, 1.54) is 24.4 Å². The largest absolute Gasteiger partial charge is 0.394 e. The van der Waals surface area contributed by atoms with Gasteiger partial charge in [-0.2, -0.15) is 5.26 Å². The normalized spacial score (nSPS) is 12.0. The van der Waals surface area contributed by atoms with Gasteiger partial charge in [0.05, 0.1) is 34.8 Å². The van der Waals surface area contributed by atoms with Crippen molar-refractivity contribution in [3.8, 4) is 6.07 Å². The molecule has 0 aliphatic carbocycles. The number of nitro groups is 1. The third-order valence-corrected chi connectivity index (χ3v) is 3.30. The quantitative estimate of drug-likeness (QED) is 0.503. The summed E-state index contributed by atoms with van der Waals surface area (Å²) in [6, 6.07) is 15.2. The SMILES string of the molecule is N#Cc1ccc([N+](=O)[O-])c(/C=N/[C@@H](CO)Cc2ccccc2)c1. The predicted octanol–water partition coefficient (Wildman–Crippen LogP) is 2.49. The van der Waals surface area contributed by atoms with Crippen LogP contribution in [-0.4, -0.2) is 28.9 Å². The van der Waals surface area contributed by atoms with Gasteiger partial charge in [-0.25, -0.2) is 0 Å². The molecular formula is C17H15N3O3. The summed E-state index contributed by atoms with van der Waals surface area (Å²) < 4.78 is 0. The molecule has 0 amide bonds. The lowest BCUT2D eigenvalue weighted by atomic mass is 10.1. The fourth-order valence-electron chi connectivity index (χ4n) is 2.13. The van der Waals surface area contributed by atoms with Crippen LogP contribution in [0.1, 0.15) is 16.7 Å². The molecule has 1 N–H and O–H groups in total. The van der Waals surface area contributed by atoms with Gasteiger partial charge in [-0.15, -0.1) is 0 Å². The van der Waals surface area contributed by atoms with Crippen LogP contribution in [0.25, 0.3) is 0 Å². The molecule has 23 heavy (non-hydrogen) atoms. The second-order valence-corrected chi connectivity index (χ2v) is 4.95. The van der Waals surface area contributed by atoms with E-state index in [1.54, 1.807) is 0 Å². The number of aliphatic hydroxyl groups excluding tert-OH is 1. The molecule has 0 bridgehead atoms. The van der Waals surface area contributed by atoms with Crippen molar-refractivity contribution in [3.63, 3.8) is 0 Å². The summed E-state index contributed by atoms with van der Waals surface area (Å²) in [6.45, 7) is -0.170. The number of nitro benzene ring substituents is 1. The number of benzene rings is 2. The maximum absolute atomic E-state index is 11.0. The molecule has 2 rings (SSSR count). The van der Waals surface area contributed by atoms with Gasteiger partial charge in [0.2, 0.25) is 0 Å². The van der Waals surface area contributed by atoms with Gasteiger partial charge in [-0.05, 0) is 24.1 Å². The minimum absolute atomic E-state index is 0.121. The Morgan fingerprint density at radius 1 is 1.30 bits per heavy atom. The van der Waals surface area contributed by atoms with Gasteiger partial charge in [0.15, 0.2) is 0 Å². The second kappa shape index (κ2) is 7.82. The Morgan fingerprint density at radius 2 is 2.04 bits per heavy atom. The Balaban J connectivity index is 2.23. The molecule has 0 heterocycles. The molecule has 0 saturated carbocycles. The molecule has 0 aliphatic heterocycles. The monoisotopic (exact) mass is 309 g/mol. The standard InChI is InChI=1S/C17H15N3O3/c18-10-14-6-7-17(20(22)23)15(8-14)11-19-16(12-21)9-13-4-2-1-3-5-13/h1-8,11,16,21H,9,12H2/b19-11+/t16-/m1/s1. The third kappa shape index (κ3) is 4.46. The molecule has 0 spiro atoms. The highest BCUT2D eigenvalue weighted by atomic mass is 16.6. The Bertz CT molecular complexity index is 751. The van der Waals surface area contributed by atoms with Crippen molar-refractivity contribution in [1.29, 1.82) is 5.26 Å². The number of aliphatic imine (C=N–C) groups is 1. The van der Waals surface area contributed by atoms with E-state index in [0.717, 1.165) is 5.56 Å². The fraction of sp³-hybridized carbons (Fsp3) is 0.176. The van der Waals surface area contributed by atoms with Gasteiger partial charge in [-0.1, -0.05) is 30.3 Å². The minimum Gasteiger partial charge on any atom is -0.394 e. The summed E-state index contributed by atoms with van der Waals surface area (Å²) >= 11 is 0. The van der Waals surface area contributed by atoms with Gasteiger partial charge in [0, 0.05) is 12.3 Å². The van der Waals surface area contributed by atoms with E-state index in [1.807, 2.05) is 36.4 Å². The number of nitriles is 1. The second-order valence-electron chi connectivity index (χ2n) is 4.95. The van der Waals surface area contributed by atoms with Crippen LogP contribution < -0.4 is 0 Å². The van der Waals surface area contributed by atoms with Crippen molar-refractivity contribution in [1.82, 2.24) is 0 Å². The van der Waals surface area contributed by atoms with Crippen molar-refractivity contribution in [2.45, 2.75) is 12.5 Å². The van der Waals surface area contributed by atoms with Crippen LogP contribution in [0, 0.1) is 21.4 Å². The zero-order valence-corrected chi connectivity index (χ0v) is 12.3. The number of hydrogen-bond acceptors (Lipinski definition) is 5. The van der Waals surface area contributed by atoms with Gasteiger partial charge in [0.1, 0.15) is 0 Å². The van der Waals surface area contributed by atoms with Crippen LogP contribution in [0.3, 0.4) is 0 Å². The van der Waals surface area contributed by atoms with Gasteiger partial charge < -0.3 is 5.11 Å². The maximum Gasteiger partial charge on any atom is 0.278 e. The van der Waals surface area contributed by atoms with Crippen LogP contribution in [0.15, 0.2) is 53.5 Å². The Hall–Kier alpha value is -3.04. The molecule has 0 fully saturated rings. The summed E-state index contributed by atoms with van der Waals surface area (Å²) in [7, 11) is 0. The van der Waals surface area contributed by atoms with E-state index >= 15 is 0 Å². The van der Waals surface area contributed by atoms with Crippen molar-refractivity contribution >= 4 is 11.9 Å². The van der Waals surface area contributed by atoms with Crippen molar-refractivity contribution in [3.05, 3.63) is 75.3 Å². The van der Waals surface area contributed by atoms with E-state index in [2.05, 4.69) is 4.99 Å². The number of hydrogen-bond donors (Lipinski definition) is 1. The first-order chi connectivity index (χ1) is 11.1. The first-order valence-corrected chi connectivity index (χ1v) is 7.00. The zero-order chi connectivity index (χ0) is 16.7. The highest BCUT2D eigenvalue weighted by Gasteiger charge is 2.13. The number of rotatable bonds is 6. The number of nitrogens with zero attached hydrogens (tertiary/aromatic N) is 3. The highest BCUT2D eigenvalue weighted by Crippen LogP contribution is 2.18. The molecule has 0 unspecified atom stereocenters. The lowest BCUT2D eigenvalue weighted by Gasteiger charge is -2.09. The lowest BCUT2D eigenvalue weighted by Crippen LogP contribution is -2.14. The summed E-state index contributed by atoms with van der Waals surface area (Å²) in [4.78, 5) is 14.8. The van der Waals surface area contributed by atoms with Gasteiger partial charge in [0.25, 0.3) is 5.69 Å². The first kappa shape index (κ1) is 16.3. The molecule has 0 aliphatic rings. The summed E-state index contributed by atoms with van der Waals surface area (Å²) in [5.41, 5.74) is 1.47. The van der Waals surface area contributed by atoms with Crippen molar-refractivity contribution < 1.29 is 10.0 Å². The van der Waals surface area contributed by atoms with E-state index in [9.17, 15) is 15.2 Å². The Morgan fingerprint density at radius 3 is 2.65 bits per heavy atom. The topological polar surface area (TPSA) is 99.5 Å². The number of aliphatic hydroxyl groups is 1. The summed E-state index contributed by atoms with van der Waals surface area (Å²) in [5.74, 6) is 0. The van der Waals surface area contributed by atoms with Crippen LogP contribution in [-0.2, 0) is 6.42 Å². The summed E-state index contributed by atoms with van der Waals surface area (Å²) in [5, 5.41) is 29.4. The van der Waals surface area contributed by atoms with E-state index < -0.39 is 11.0 Å². The average Bonchev–Trinajstić information content (AvgIpc) is 2.59. The molecule has 2 aromatic carbocycles. The molecular weight excluding hydrogens is 294 g/mol. The van der Waals surface area contributed by atoms with E-state index in [4.69, 9.17) is 5.26 Å². The molecule has 116 valence electrons. The Kier molecular flexibility index (Phi) is 5.56. The van der Waals surface area contributed by atoms with Crippen molar-refractivity contribution in [2.24, 2.45) is 4.99 Å². The lowest BCUT2D eigenvalue weighted by molar-refractivity contribution is -0.385. The molecule has 0 radical (unpaired) electrons. The molecule has 1 atom stereocenters. The molecule has 6 nitrogen and oxygen atoms in total. The average molecular weight is 309 g/mol. The van der Waals surface area contributed by atoms with Crippen LogP contribution >= 0.6 is 0 Å². The van der Waals surface area contributed by atoms with Crippen molar-refractivity contribution in [2.75, 3.05) is 6.61 Å². The van der Waals surface area contributed by atoms with Gasteiger partial charge in [-0.3, -0.25) is 15.1 Å². The minimum atomic E-state index is -0.520. The molecule has 6 heteroatoms. The van der Waals surface area contributed by atoms with Crippen LogP contribution in [0.2, 0.25) is 0 Å². The van der Waals surface area contributed by atoms with Crippen LogP contribution in [0.4, 0.5) is 5.69 Å². The first-order valence-electron chi connectivity index (χ1n) is 7.00. The zero-order valence-electron chi connectivity index (χ0n) is 12.3. The molecule has 0 saturated heterocycles. The Labute approximate surface area is 133 Å². The van der Waals surface area contributed by atoms with E-state index in [0.29, 0.717) is 12.0 Å². The van der Waals surface area contributed by atoms with Gasteiger partial charge >= 0.3 is 0 Å². The fourth-order valence-corrected chi connectivity index (χ4v) is 2.13. The third-order valence-electron chi connectivity index (χ3n) is 3.30. The predicted molar refractivity (Wildman–Crippen MR) is 86.4 cm³/mol. The maximum atomic E-state index is 11.0. The summed E-state index contributed by atoms with van der Waals surface area (Å²) in [6.07, 6.45) is 1.88. The highest BCUT2D eigenvalue weighted by molar-refractivity contribution is 5.86. The smallest absolute Gasteiger partial charge is 0.278 e. The molecule has 2 aromatic rings.